The van der Waals surface area contributed by atoms with Crippen LogP contribution in [0, 0.1) is 0 Å². The number of pyridine rings is 1. The fourth-order valence-electron chi connectivity index (χ4n) is 3.77. The third-order valence-corrected chi connectivity index (χ3v) is 5.44. The van der Waals surface area contributed by atoms with E-state index in [0.29, 0.717) is 22.6 Å². The van der Waals surface area contributed by atoms with Gasteiger partial charge in [0, 0.05) is 24.5 Å². The van der Waals surface area contributed by atoms with Gasteiger partial charge in [-0.3, -0.25) is 14.6 Å². The van der Waals surface area contributed by atoms with Crippen LogP contribution in [0.4, 0.5) is 0 Å². The number of benzene rings is 2. The van der Waals surface area contributed by atoms with Crippen molar-refractivity contribution in [2.75, 3.05) is 14.2 Å². The minimum atomic E-state index is -0.754. The third-order valence-electron chi connectivity index (χ3n) is 5.44. The summed E-state index contributed by atoms with van der Waals surface area (Å²) in [5, 5.41) is 11.1. The zero-order valence-corrected chi connectivity index (χ0v) is 17.7. The highest BCUT2D eigenvalue weighted by Crippen LogP contribution is 2.40. The lowest BCUT2D eigenvalue weighted by Gasteiger charge is -2.25. The number of methoxy groups -OCH3 is 2. The molecule has 0 radical (unpaired) electrons. The van der Waals surface area contributed by atoms with Crippen LogP contribution in [0.15, 0.2) is 78.6 Å². The highest BCUT2D eigenvalue weighted by atomic mass is 16.5. The number of aliphatic hydroxyl groups excluding tert-OH is 1. The Kier molecular flexibility index (Phi) is 5.89. The van der Waals surface area contributed by atoms with Gasteiger partial charge in [0.15, 0.2) is 0 Å². The van der Waals surface area contributed by atoms with E-state index in [0.717, 1.165) is 5.56 Å². The predicted molar refractivity (Wildman–Crippen MR) is 118 cm³/mol. The van der Waals surface area contributed by atoms with E-state index in [1.54, 1.807) is 87.3 Å². The third kappa shape index (κ3) is 3.92. The van der Waals surface area contributed by atoms with Crippen LogP contribution >= 0.6 is 0 Å². The molecule has 2 aromatic carbocycles. The maximum atomic E-state index is 13.1. The molecule has 1 fully saturated rings. The summed E-state index contributed by atoms with van der Waals surface area (Å²) in [7, 11) is 3.11. The van der Waals surface area contributed by atoms with Gasteiger partial charge in [-0.25, -0.2) is 0 Å². The van der Waals surface area contributed by atoms with Crippen molar-refractivity contribution in [1.29, 1.82) is 0 Å². The second-order valence-electron chi connectivity index (χ2n) is 7.28. The molecule has 3 aromatic rings. The molecule has 1 saturated heterocycles. The highest BCUT2D eigenvalue weighted by molar-refractivity contribution is 6.46. The van der Waals surface area contributed by atoms with Gasteiger partial charge in [-0.1, -0.05) is 12.1 Å². The van der Waals surface area contributed by atoms with Crippen molar-refractivity contribution in [1.82, 2.24) is 9.88 Å². The summed E-state index contributed by atoms with van der Waals surface area (Å²) in [5.74, 6) is -0.365. The van der Waals surface area contributed by atoms with Gasteiger partial charge in [0.2, 0.25) is 0 Å². The number of hydrogen-bond donors (Lipinski definition) is 1. The van der Waals surface area contributed by atoms with Crippen LogP contribution in [0.1, 0.15) is 22.7 Å². The number of carbonyl (C=O) groups excluding carboxylic acids is 2. The van der Waals surface area contributed by atoms with Crippen LogP contribution in [0.2, 0.25) is 0 Å². The van der Waals surface area contributed by atoms with Gasteiger partial charge in [-0.05, 0) is 59.7 Å². The zero-order chi connectivity index (χ0) is 22.7. The Balaban J connectivity index is 1.83. The molecule has 1 atom stereocenters. The van der Waals surface area contributed by atoms with Crippen LogP contribution < -0.4 is 9.47 Å². The number of likely N-dealkylation sites (tertiary alicyclic amines) is 1. The molecule has 162 valence electrons. The summed E-state index contributed by atoms with van der Waals surface area (Å²) in [6.07, 6.45) is 3.26. The monoisotopic (exact) mass is 430 g/mol. The Hall–Kier alpha value is -4.13. The SMILES string of the molecule is COc1ccc(C(O)=C2C(=O)C(=O)N(Cc3ccncc3)[C@@H]2c2ccc(OC)cc2)cc1. The molecule has 1 aromatic heterocycles. The number of ether oxygens (including phenoxy) is 2. The number of aliphatic hydroxyl groups is 1. The first-order valence-corrected chi connectivity index (χ1v) is 9.99. The van der Waals surface area contributed by atoms with E-state index in [2.05, 4.69) is 4.98 Å². The van der Waals surface area contributed by atoms with Gasteiger partial charge in [0.25, 0.3) is 11.7 Å². The largest absolute Gasteiger partial charge is 0.507 e. The first-order valence-electron chi connectivity index (χ1n) is 9.99. The lowest BCUT2D eigenvalue weighted by molar-refractivity contribution is -0.140. The van der Waals surface area contributed by atoms with E-state index < -0.39 is 17.7 Å². The van der Waals surface area contributed by atoms with Crippen molar-refractivity contribution in [2.24, 2.45) is 0 Å². The molecule has 2 heterocycles. The topological polar surface area (TPSA) is 89.0 Å². The molecule has 0 unspecified atom stereocenters. The number of Topliss-reactive ketones (excluding diaryl/α,β-unsaturated/α-hetero) is 1. The Morgan fingerprint density at radius 2 is 1.47 bits per heavy atom. The van der Waals surface area contributed by atoms with E-state index >= 15 is 0 Å². The van der Waals surface area contributed by atoms with Crippen molar-refractivity contribution >= 4 is 17.4 Å². The average Bonchev–Trinajstić information content (AvgIpc) is 3.09. The van der Waals surface area contributed by atoms with E-state index in [1.165, 1.54) is 4.90 Å². The summed E-state index contributed by atoms with van der Waals surface area (Å²) >= 11 is 0. The number of aromatic nitrogens is 1. The molecule has 0 spiro atoms. The lowest BCUT2D eigenvalue weighted by atomic mass is 9.95. The maximum absolute atomic E-state index is 13.1. The van der Waals surface area contributed by atoms with Crippen molar-refractivity contribution in [3.63, 3.8) is 0 Å². The van der Waals surface area contributed by atoms with Gasteiger partial charge in [0.1, 0.15) is 17.3 Å². The molecule has 4 rings (SSSR count). The summed E-state index contributed by atoms with van der Waals surface area (Å²) in [6, 6.07) is 16.6. The minimum Gasteiger partial charge on any atom is -0.507 e. The molecule has 7 nitrogen and oxygen atoms in total. The first kappa shape index (κ1) is 21.1. The Morgan fingerprint density at radius 1 is 0.906 bits per heavy atom. The van der Waals surface area contributed by atoms with E-state index in [-0.39, 0.29) is 17.9 Å². The first-order chi connectivity index (χ1) is 15.5. The molecule has 7 heteroatoms. The molecule has 1 amide bonds. The van der Waals surface area contributed by atoms with Crippen LogP contribution in [0.25, 0.3) is 5.76 Å². The fourth-order valence-corrected chi connectivity index (χ4v) is 3.77. The Bertz CT molecular complexity index is 1160. The zero-order valence-electron chi connectivity index (χ0n) is 17.7. The number of nitrogens with zero attached hydrogens (tertiary/aromatic N) is 2. The van der Waals surface area contributed by atoms with Gasteiger partial charge in [0.05, 0.1) is 25.8 Å². The van der Waals surface area contributed by atoms with Crippen LogP contribution in [0.3, 0.4) is 0 Å². The minimum absolute atomic E-state index is 0.0411. The molecule has 0 aliphatic carbocycles. The predicted octanol–water partition coefficient (Wildman–Crippen LogP) is 3.72. The number of amides is 1. The molecule has 32 heavy (non-hydrogen) atoms. The smallest absolute Gasteiger partial charge is 0.295 e. The molecule has 1 aliphatic rings. The maximum Gasteiger partial charge on any atom is 0.295 e. The standard InChI is InChI=1S/C25H22N2O5/c1-31-19-7-3-17(4-8-19)22-21(23(28)18-5-9-20(32-2)10-6-18)24(29)25(30)27(22)15-16-11-13-26-14-12-16/h3-14,22,28H,15H2,1-2H3/t22-/m1/s1. The van der Waals surface area contributed by atoms with Crippen LogP contribution in [0.5, 0.6) is 11.5 Å². The molecular formula is C25H22N2O5. The van der Waals surface area contributed by atoms with E-state index in [1.807, 2.05) is 0 Å². The van der Waals surface area contributed by atoms with Gasteiger partial charge in [-0.2, -0.15) is 0 Å². The van der Waals surface area contributed by atoms with Crippen LogP contribution in [-0.4, -0.2) is 40.9 Å². The molecule has 1 aliphatic heterocycles. The lowest BCUT2D eigenvalue weighted by Crippen LogP contribution is -2.29. The second kappa shape index (κ2) is 8.93. The Morgan fingerprint density at radius 3 is 2.03 bits per heavy atom. The van der Waals surface area contributed by atoms with Crippen molar-refractivity contribution in [3.8, 4) is 11.5 Å². The number of carbonyl (C=O) groups is 2. The number of hydrogen-bond acceptors (Lipinski definition) is 6. The molecule has 0 saturated carbocycles. The normalized spacial score (nSPS) is 17.4. The van der Waals surface area contributed by atoms with E-state index in [9.17, 15) is 14.7 Å². The summed E-state index contributed by atoms with van der Waals surface area (Å²) in [5.41, 5.74) is 1.98. The Labute approximate surface area is 185 Å². The quantitative estimate of drug-likeness (QED) is 0.364. The second-order valence-corrected chi connectivity index (χ2v) is 7.28. The summed E-state index contributed by atoms with van der Waals surface area (Å²) in [4.78, 5) is 31.6. The summed E-state index contributed by atoms with van der Waals surface area (Å²) < 4.78 is 10.4. The van der Waals surface area contributed by atoms with E-state index in [4.69, 9.17) is 9.47 Å². The highest BCUT2D eigenvalue weighted by Gasteiger charge is 2.46. The number of ketones is 1. The fraction of sp³-hybridized carbons (Fsp3) is 0.160. The van der Waals surface area contributed by atoms with Crippen molar-refractivity contribution in [3.05, 3.63) is 95.3 Å². The number of rotatable bonds is 6. The van der Waals surface area contributed by atoms with Crippen LogP contribution in [-0.2, 0) is 16.1 Å². The van der Waals surface area contributed by atoms with Gasteiger partial charge >= 0.3 is 0 Å². The van der Waals surface area contributed by atoms with Crippen molar-refractivity contribution < 1.29 is 24.2 Å². The average molecular weight is 430 g/mol. The summed E-state index contributed by atoms with van der Waals surface area (Å²) in [6.45, 7) is 0.198. The van der Waals surface area contributed by atoms with Gasteiger partial charge < -0.3 is 19.5 Å². The molecule has 0 bridgehead atoms. The molecule has 1 N–H and O–H groups in total. The van der Waals surface area contributed by atoms with Crippen molar-refractivity contribution in [2.45, 2.75) is 12.6 Å². The van der Waals surface area contributed by atoms with Gasteiger partial charge in [-0.15, -0.1) is 0 Å². The molecular weight excluding hydrogens is 408 g/mol.